The zero-order valence-electron chi connectivity index (χ0n) is 14.9. The molecular weight excluding hydrogens is 362 g/mol. The first kappa shape index (κ1) is 20.3. The minimum absolute atomic E-state index is 0.0847. The fourth-order valence-electron chi connectivity index (χ4n) is 3.11. The van der Waals surface area contributed by atoms with Crippen LogP contribution in [-0.2, 0) is 16.6 Å². The standard InChI is InChI=1S/C15H25N5O5S/c1-9(2)6-20-13(16)12(14(22)18-15(20)23)11(21)8-19-5-3-4-10(7-19)26(17,24)25/h9-10H,3-8,16H2,1-2H3,(H2,17,24,25)(H,18,22,23)/t10-/m0/s1. The van der Waals surface area contributed by atoms with Crippen LogP contribution in [0.1, 0.15) is 37.0 Å². The van der Waals surface area contributed by atoms with E-state index in [0.717, 1.165) is 0 Å². The summed E-state index contributed by atoms with van der Waals surface area (Å²) in [4.78, 5) is 40.4. The highest BCUT2D eigenvalue weighted by Crippen LogP contribution is 2.16. The Morgan fingerprint density at radius 1 is 1.35 bits per heavy atom. The SMILES string of the molecule is CC(C)Cn1c(N)c(C(=O)CN2CCC[C@H](S(N)(=O)=O)C2)c(=O)[nH]c1=O. The Morgan fingerprint density at radius 3 is 2.58 bits per heavy atom. The van der Waals surface area contributed by atoms with Crippen LogP contribution in [0.4, 0.5) is 5.82 Å². The van der Waals surface area contributed by atoms with Crippen molar-refractivity contribution in [1.29, 1.82) is 0 Å². The Hall–Kier alpha value is -1.98. The smallest absolute Gasteiger partial charge is 0.329 e. The Morgan fingerprint density at radius 2 is 2.00 bits per heavy atom. The maximum absolute atomic E-state index is 12.6. The fourth-order valence-corrected chi connectivity index (χ4v) is 4.02. The lowest BCUT2D eigenvalue weighted by molar-refractivity contribution is 0.0915. The number of aromatic nitrogens is 2. The van der Waals surface area contributed by atoms with Gasteiger partial charge in [-0.2, -0.15) is 0 Å². The lowest BCUT2D eigenvalue weighted by Crippen LogP contribution is -2.47. The van der Waals surface area contributed by atoms with Crippen molar-refractivity contribution in [2.75, 3.05) is 25.4 Å². The van der Waals surface area contributed by atoms with Crippen LogP contribution in [0.5, 0.6) is 0 Å². The van der Waals surface area contributed by atoms with Crippen LogP contribution in [0.2, 0.25) is 0 Å². The summed E-state index contributed by atoms with van der Waals surface area (Å²) in [7, 11) is -3.69. The lowest BCUT2D eigenvalue weighted by Gasteiger charge is -2.30. The number of hydrogen-bond acceptors (Lipinski definition) is 7. The zero-order chi connectivity index (χ0) is 19.6. The number of piperidine rings is 1. The number of primary sulfonamides is 1. The number of carbonyl (C=O) groups excluding carboxylic acids is 1. The molecule has 0 amide bonds. The number of sulfonamides is 1. The van der Waals surface area contributed by atoms with Gasteiger partial charge in [-0.05, 0) is 25.3 Å². The van der Waals surface area contributed by atoms with Gasteiger partial charge < -0.3 is 5.73 Å². The van der Waals surface area contributed by atoms with Crippen molar-refractivity contribution in [3.8, 4) is 0 Å². The average molecular weight is 387 g/mol. The van der Waals surface area contributed by atoms with Gasteiger partial charge in [-0.25, -0.2) is 18.4 Å². The number of nitrogens with zero attached hydrogens (tertiary/aromatic N) is 2. The van der Waals surface area contributed by atoms with Crippen LogP contribution < -0.4 is 22.1 Å². The number of nitrogens with one attached hydrogen (secondary N) is 1. The van der Waals surface area contributed by atoms with Crippen molar-refractivity contribution in [2.45, 2.75) is 38.5 Å². The number of Topliss-reactive ketones (excluding diaryl/α,β-unsaturated/α-hetero) is 1. The highest BCUT2D eigenvalue weighted by molar-refractivity contribution is 7.89. The molecule has 1 atom stereocenters. The van der Waals surface area contributed by atoms with Crippen molar-refractivity contribution < 1.29 is 13.2 Å². The number of nitrogen functional groups attached to an aromatic ring is 1. The van der Waals surface area contributed by atoms with Gasteiger partial charge >= 0.3 is 5.69 Å². The largest absolute Gasteiger partial charge is 0.384 e. The predicted octanol–water partition coefficient (Wildman–Crippen LogP) is -1.29. The Balaban J connectivity index is 2.27. The highest BCUT2D eigenvalue weighted by atomic mass is 32.2. The first-order chi connectivity index (χ1) is 12.0. The van der Waals surface area contributed by atoms with Crippen LogP contribution in [-0.4, -0.2) is 53.5 Å². The molecule has 146 valence electrons. The quantitative estimate of drug-likeness (QED) is 0.512. The molecule has 0 unspecified atom stereocenters. The van der Waals surface area contributed by atoms with E-state index >= 15 is 0 Å². The third-order valence-electron chi connectivity index (χ3n) is 4.36. The Kier molecular flexibility index (Phi) is 6.04. The van der Waals surface area contributed by atoms with Gasteiger partial charge in [0, 0.05) is 13.1 Å². The molecule has 26 heavy (non-hydrogen) atoms. The van der Waals surface area contributed by atoms with Gasteiger partial charge in [0.25, 0.3) is 5.56 Å². The molecule has 1 fully saturated rings. The minimum atomic E-state index is -3.69. The summed E-state index contributed by atoms with van der Waals surface area (Å²) >= 11 is 0. The fraction of sp³-hybridized carbons (Fsp3) is 0.667. The van der Waals surface area contributed by atoms with Crippen LogP contribution in [0.3, 0.4) is 0 Å². The molecule has 5 N–H and O–H groups in total. The molecule has 1 aliphatic heterocycles. The molecule has 1 aromatic heterocycles. The molecule has 11 heteroatoms. The maximum Gasteiger partial charge on any atom is 0.329 e. The number of likely N-dealkylation sites (tertiary alicyclic amines) is 1. The van der Waals surface area contributed by atoms with Crippen LogP contribution in [0.25, 0.3) is 0 Å². The number of ketones is 1. The van der Waals surface area contributed by atoms with Gasteiger partial charge in [0.1, 0.15) is 11.4 Å². The van der Waals surface area contributed by atoms with E-state index in [0.29, 0.717) is 19.4 Å². The topological polar surface area (TPSA) is 161 Å². The van der Waals surface area contributed by atoms with Gasteiger partial charge in [0.05, 0.1) is 11.8 Å². The van der Waals surface area contributed by atoms with Gasteiger partial charge in [0.2, 0.25) is 10.0 Å². The van der Waals surface area contributed by atoms with Crippen LogP contribution in [0.15, 0.2) is 9.59 Å². The first-order valence-electron chi connectivity index (χ1n) is 8.40. The predicted molar refractivity (Wildman–Crippen MR) is 97.5 cm³/mol. The van der Waals surface area contributed by atoms with Crippen molar-refractivity contribution in [2.24, 2.45) is 11.1 Å². The first-order valence-corrected chi connectivity index (χ1v) is 10.0. The van der Waals surface area contributed by atoms with E-state index in [1.54, 1.807) is 4.90 Å². The molecule has 2 heterocycles. The number of aromatic amines is 1. The third-order valence-corrected chi connectivity index (χ3v) is 5.67. The molecule has 10 nitrogen and oxygen atoms in total. The van der Waals surface area contributed by atoms with Gasteiger partial charge in [0.15, 0.2) is 5.78 Å². The van der Waals surface area contributed by atoms with Crippen LogP contribution in [0, 0.1) is 5.92 Å². The van der Waals surface area contributed by atoms with Crippen molar-refractivity contribution in [3.05, 3.63) is 26.4 Å². The second-order valence-electron chi connectivity index (χ2n) is 7.04. The molecule has 0 saturated carbocycles. The maximum atomic E-state index is 12.6. The molecule has 0 aliphatic carbocycles. The molecule has 1 aromatic rings. The van der Waals surface area contributed by atoms with Crippen molar-refractivity contribution in [1.82, 2.24) is 14.5 Å². The number of hydrogen-bond donors (Lipinski definition) is 3. The molecule has 1 aliphatic rings. The summed E-state index contributed by atoms with van der Waals surface area (Å²) in [6.45, 7) is 4.48. The summed E-state index contributed by atoms with van der Waals surface area (Å²) < 4.78 is 24.2. The second-order valence-corrected chi connectivity index (χ2v) is 8.88. The molecule has 0 bridgehead atoms. The number of rotatable bonds is 6. The summed E-state index contributed by atoms with van der Waals surface area (Å²) in [5, 5.41) is 4.45. The zero-order valence-corrected chi connectivity index (χ0v) is 15.7. The second kappa shape index (κ2) is 7.72. The van der Waals surface area contributed by atoms with E-state index in [9.17, 15) is 22.8 Å². The molecule has 0 aromatic carbocycles. The number of H-pyrrole nitrogens is 1. The molecule has 1 saturated heterocycles. The molecule has 0 spiro atoms. The van der Waals surface area contributed by atoms with Crippen molar-refractivity contribution in [3.63, 3.8) is 0 Å². The molecule has 2 rings (SSSR count). The van der Waals surface area contributed by atoms with E-state index in [1.807, 2.05) is 13.8 Å². The number of carbonyl (C=O) groups is 1. The normalized spacial score (nSPS) is 19.0. The Bertz CT molecular complexity index is 902. The summed E-state index contributed by atoms with van der Waals surface area (Å²) in [6, 6.07) is 0. The van der Waals surface area contributed by atoms with Gasteiger partial charge in [-0.3, -0.25) is 24.0 Å². The number of nitrogens with two attached hydrogens (primary N) is 2. The molecular formula is C15H25N5O5S. The third kappa shape index (κ3) is 4.59. The van der Waals surface area contributed by atoms with E-state index in [-0.39, 0.29) is 36.9 Å². The average Bonchev–Trinajstić information content (AvgIpc) is 2.50. The summed E-state index contributed by atoms with van der Waals surface area (Å²) in [6.07, 6.45) is 1.01. The lowest BCUT2D eigenvalue weighted by atomic mass is 10.1. The number of anilines is 1. The van der Waals surface area contributed by atoms with Gasteiger partial charge in [-0.1, -0.05) is 13.8 Å². The summed E-state index contributed by atoms with van der Waals surface area (Å²) in [5.41, 5.74) is 4.15. The van der Waals surface area contributed by atoms with E-state index < -0.39 is 32.3 Å². The van der Waals surface area contributed by atoms with Gasteiger partial charge in [-0.15, -0.1) is 0 Å². The van der Waals surface area contributed by atoms with E-state index in [2.05, 4.69) is 4.98 Å². The Labute approximate surface area is 151 Å². The van der Waals surface area contributed by atoms with Crippen molar-refractivity contribution >= 4 is 21.6 Å². The van der Waals surface area contributed by atoms with E-state index in [1.165, 1.54) is 4.57 Å². The van der Waals surface area contributed by atoms with E-state index in [4.69, 9.17) is 10.9 Å². The monoisotopic (exact) mass is 387 g/mol. The highest BCUT2D eigenvalue weighted by Gasteiger charge is 2.30. The molecule has 0 radical (unpaired) electrons. The minimum Gasteiger partial charge on any atom is -0.384 e. The van der Waals surface area contributed by atoms with Crippen LogP contribution >= 0.6 is 0 Å². The summed E-state index contributed by atoms with van der Waals surface area (Å²) in [5.74, 6) is -0.643.